The van der Waals surface area contributed by atoms with Gasteiger partial charge in [-0.3, -0.25) is 0 Å². The summed E-state index contributed by atoms with van der Waals surface area (Å²) in [6.07, 6.45) is 3.74. The molecule has 1 aromatic rings. The number of thiophene rings is 1. The Hall–Kier alpha value is -0.130. The maximum atomic E-state index is 5.98. The van der Waals surface area contributed by atoms with Crippen molar-refractivity contribution >= 4 is 22.9 Å². The zero-order valence-electron chi connectivity index (χ0n) is 11.9. The normalized spacial score (nSPS) is 28.5. The van der Waals surface area contributed by atoms with E-state index in [4.69, 9.17) is 21.1 Å². The SMILES string of the molecule is CCO[C@H]1C[C@@H](NCc2cc(Cl)cs2)C12CCOCC2. The Bertz CT molecular complexity index is 445. The molecule has 5 heteroatoms. The molecular weight excluding hydrogens is 294 g/mol. The predicted molar refractivity (Wildman–Crippen MR) is 82.5 cm³/mol. The number of rotatable bonds is 5. The molecule has 1 saturated carbocycles. The van der Waals surface area contributed by atoms with Crippen LogP contribution in [0, 0.1) is 5.41 Å². The van der Waals surface area contributed by atoms with Gasteiger partial charge in [-0.1, -0.05) is 11.6 Å². The van der Waals surface area contributed by atoms with E-state index >= 15 is 0 Å². The van der Waals surface area contributed by atoms with Crippen molar-refractivity contribution in [2.45, 2.75) is 44.9 Å². The molecule has 1 aliphatic carbocycles. The van der Waals surface area contributed by atoms with Crippen LogP contribution in [0.2, 0.25) is 5.02 Å². The van der Waals surface area contributed by atoms with Gasteiger partial charge in [0, 0.05) is 48.1 Å². The van der Waals surface area contributed by atoms with Gasteiger partial charge in [0.05, 0.1) is 11.1 Å². The van der Waals surface area contributed by atoms with Gasteiger partial charge in [-0.25, -0.2) is 0 Å². The van der Waals surface area contributed by atoms with Gasteiger partial charge in [0.1, 0.15) is 0 Å². The molecule has 0 aromatic carbocycles. The Morgan fingerprint density at radius 2 is 2.30 bits per heavy atom. The molecule has 2 heterocycles. The number of nitrogens with one attached hydrogen (secondary N) is 1. The van der Waals surface area contributed by atoms with Crippen molar-refractivity contribution in [3.63, 3.8) is 0 Å². The molecule has 1 spiro atoms. The quantitative estimate of drug-likeness (QED) is 0.902. The van der Waals surface area contributed by atoms with Crippen molar-refractivity contribution in [3.8, 4) is 0 Å². The fourth-order valence-electron chi connectivity index (χ4n) is 3.56. The van der Waals surface area contributed by atoms with Crippen LogP contribution in [0.5, 0.6) is 0 Å². The maximum Gasteiger partial charge on any atom is 0.0662 e. The van der Waals surface area contributed by atoms with Gasteiger partial charge in [0.2, 0.25) is 0 Å². The summed E-state index contributed by atoms with van der Waals surface area (Å²) in [5, 5.41) is 6.55. The van der Waals surface area contributed by atoms with Crippen LogP contribution < -0.4 is 5.32 Å². The third-order valence-electron chi connectivity index (χ3n) is 4.72. The van der Waals surface area contributed by atoms with Crippen molar-refractivity contribution in [1.82, 2.24) is 5.32 Å². The van der Waals surface area contributed by atoms with E-state index in [1.807, 2.05) is 5.38 Å². The van der Waals surface area contributed by atoms with Crippen LogP contribution in [0.3, 0.4) is 0 Å². The van der Waals surface area contributed by atoms with Gasteiger partial charge in [0.25, 0.3) is 0 Å². The molecule has 0 bridgehead atoms. The summed E-state index contributed by atoms with van der Waals surface area (Å²) < 4.78 is 11.5. The summed E-state index contributed by atoms with van der Waals surface area (Å²) in [7, 11) is 0. The molecule has 112 valence electrons. The molecule has 0 unspecified atom stereocenters. The van der Waals surface area contributed by atoms with Gasteiger partial charge in [-0.05, 0) is 32.3 Å². The van der Waals surface area contributed by atoms with E-state index in [0.717, 1.165) is 50.7 Å². The Kier molecular flexibility index (Phi) is 4.68. The van der Waals surface area contributed by atoms with Crippen molar-refractivity contribution in [2.24, 2.45) is 5.41 Å². The molecule has 2 aliphatic rings. The second kappa shape index (κ2) is 6.32. The number of hydrogen-bond acceptors (Lipinski definition) is 4. The zero-order chi connectivity index (χ0) is 14.0. The number of ether oxygens (including phenoxy) is 2. The van der Waals surface area contributed by atoms with E-state index in [-0.39, 0.29) is 5.41 Å². The summed E-state index contributed by atoms with van der Waals surface area (Å²) in [6, 6.07) is 2.60. The van der Waals surface area contributed by atoms with E-state index in [0.29, 0.717) is 12.1 Å². The van der Waals surface area contributed by atoms with Gasteiger partial charge in [-0.15, -0.1) is 11.3 Å². The Balaban J connectivity index is 1.61. The fraction of sp³-hybridized carbons (Fsp3) is 0.733. The van der Waals surface area contributed by atoms with E-state index in [1.54, 1.807) is 11.3 Å². The molecule has 1 aromatic heterocycles. The Morgan fingerprint density at radius 1 is 1.50 bits per heavy atom. The molecular formula is C15H22ClNO2S. The highest BCUT2D eigenvalue weighted by atomic mass is 35.5. The topological polar surface area (TPSA) is 30.5 Å². The summed E-state index contributed by atoms with van der Waals surface area (Å²) in [6.45, 7) is 5.53. The lowest BCUT2D eigenvalue weighted by atomic mass is 9.57. The van der Waals surface area contributed by atoms with Crippen molar-refractivity contribution in [2.75, 3.05) is 19.8 Å². The van der Waals surface area contributed by atoms with Crippen molar-refractivity contribution in [1.29, 1.82) is 0 Å². The minimum atomic E-state index is 0.287. The number of hydrogen-bond donors (Lipinski definition) is 1. The molecule has 2 fully saturated rings. The molecule has 2 atom stereocenters. The van der Waals surface area contributed by atoms with Gasteiger partial charge < -0.3 is 14.8 Å². The summed E-state index contributed by atoms with van der Waals surface area (Å²) in [5.41, 5.74) is 0.287. The van der Waals surface area contributed by atoms with Crippen LogP contribution in [0.25, 0.3) is 0 Å². The largest absolute Gasteiger partial charge is 0.381 e. The third kappa shape index (κ3) is 2.77. The third-order valence-corrected chi connectivity index (χ3v) is 6.01. The summed E-state index contributed by atoms with van der Waals surface area (Å²) in [4.78, 5) is 1.30. The molecule has 1 N–H and O–H groups in total. The average Bonchev–Trinajstić information content (AvgIpc) is 2.88. The lowest BCUT2D eigenvalue weighted by molar-refractivity contribution is -0.173. The Labute approximate surface area is 129 Å². The summed E-state index contributed by atoms with van der Waals surface area (Å²) in [5.74, 6) is 0. The molecule has 1 aliphatic heterocycles. The molecule has 1 saturated heterocycles. The standard InChI is InChI=1S/C15H22ClNO2S/c1-2-19-14-8-13(15(14)3-5-18-6-4-15)17-9-12-7-11(16)10-20-12/h7,10,13-14,17H,2-6,8-9H2,1H3/t13-,14+/m1/s1. The first-order valence-corrected chi connectivity index (χ1v) is 8.66. The first-order chi connectivity index (χ1) is 9.74. The molecule has 0 radical (unpaired) electrons. The highest BCUT2D eigenvalue weighted by Crippen LogP contribution is 2.50. The van der Waals surface area contributed by atoms with Crippen molar-refractivity contribution in [3.05, 3.63) is 21.3 Å². The Morgan fingerprint density at radius 3 is 2.95 bits per heavy atom. The first kappa shape index (κ1) is 14.8. The molecule has 0 amide bonds. The van der Waals surface area contributed by atoms with E-state index in [1.165, 1.54) is 4.88 Å². The lowest BCUT2D eigenvalue weighted by Gasteiger charge is -2.57. The van der Waals surface area contributed by atoms with E-state index in [2.05, 4.69) is 18.3 Å². The van der Waals surface area contributed by atoms with Crippen LogP contribution in [0.1, 0.15) is 31.1 Å². The molecule has 20 heavy (non-hydrogen) atoms. The number of halogens is 1. The predicted octanol–water partition coefficient (Wildman–Crippen LogP) is 3.47. The first-order valence-electron chi connectivity index (χ1n) is 7.40. The highest BCUT2D eigenvalue weighted by molar-refractivity contribution is 7.10. The summed E-state index contributed by atoms with van der Waals surface area (Å²) >= 11 is 7.70. The van der Waals surface area contributed by atoms with Gasteiger partial charge in [-0.2, -0.15) is 0 Å². The van der Waals surface area contributed by atoms with E-state index in [9.17, 15) is 0 Å². The van der Waals surface area contributed by atoms with Crippen LogP contribution in [0.15, 0.2) is 11.4 Å². The molecule has 3 rings (SSSR count). The van der Waals surface area contributed by atoms with Crippen LogP contribution >= 0.6 is 22.9 Å². The van der Waals surface area contributed by atoms with Gasteiger partial charge >= 0.3 is 0 Å². The fourth-order valence-corrected chi connectivity index (χ4v) is 4.59. The monoisotopic (exact) mass is 315 g/mol. The molecule has 3 nitrogen and oxygen atoms in total. The second-order valence-electron chi connectivity index (χ2n) is 5.69. The average molecular weight is 316 g/mol. The maximum absolute atomic E-state index is 5.98. The lowest BCUT2D eigenvalue weighted by Crippen LogP contribution is -2.65. The minimum Gasteiger partial charge on any atom is -0.381 e. The highest BCUT2D eigenvalue weighted by Gasteiger charge is 2.55. The minimum absolute atomic E-state index is 0.287. The zero-order valence-corrected chi connectivity index (χ0v) is 13.4. The van der Waals surface area contributed by atoms with E-state index < -0.39 is 0 Å². The van der Waals surface area contributed by atoms with Crippen molar-refractivity contribution < 1.29 is 9.47 Å². The van der Waals surface area contributed by atoms with Gasteiger partial charge in [0.15, 0.2) is 0 Å². The van der Waals surface area contributed by atoms with Crippen LogP contribution in [-0.4, -0.2) is 32.0 Å². The van der Waals surface area contributed by atoms with Crippen LogP contribution in [-0.2, 0) is 16.0 Å². The second-order valence-corrected chi connectivity index (χ2v) is 7.12. The smallest absolute Gasteiger partial charge is 0.0662 e. The van der Waals surface area contributed by atoms with Crippen LogP contribution in [0.4, 0.5) is 0 Å².